The van der Waals surface area contributed by atoms with Crippen LogP contribution in [-0.4, -0.2) is 51.4 Å². The van der Waals surface area contributed by atoms with Gasteiger partial charge in [-0.25, -0.2) is 4.79 Å². The lowest BCUT2D eigenvalue weighted by atomic mass is 10.0. The van der Waals surface area contributed by atoms with Crippen LogP contribution in [0.15, 0.2) is 36.7 Å². The summed E-state index contributed by atoms with van der Waals surface area (Å²) in [5, 5.41) is 13.4. The molecule has 2 heterocycles. The molecule has 1 aromatic heterocycles. The standard InChI is InChI=1S/C17H19N3O4/c1-19-10-13(9-18-19)15-11-20(6-7-24-15)16(21)8-12-4-2-3-5-14(12)17(22)23/h2-5,9-10,15H,6-8,11H2,1H3,(H,22,23). The van der Waals surface area contributed by atoms with Crippen LogP contribution in [0.3, 0.4) is 0 Å². The summed E-state index contributed by atoms with van der Waals surface area (Å²) >= 11 is 0. The van der Waals surface area contributed by atoms with Gasteiger partial charge in [-0.2, -0.15) is 5.10 Å². The summed E-state index contributed by atoms with van der Waals surface area (Å²) in [6, 6.07) is 6.60. The number of carboxylic acid groups (broad SMARTS) is 1. The molecular formula is C17H19N3O4. The van der Waals surface area contributed by atoms with E-state index in [0.29, 0.717) is 25.3 Å². The predicted octanol–water partition coefficient (Wildman–Crippen LogP) is 1.26. The molecule has 1 saturated heterocycles. The van der Waals surface area contributed by atoms with E-state index in [9.17, 15) is 14.7 Å². The summed E-state index contributed by atoms with van der Waals surface area (Å²) in [5.41, 5.74) is 1.63. The number of carbonyl (C=O) groups is 2. The maximum absolute atomic E-state index is 12.6. The summed E-state index contributed by atoms with van der Waals surface area (Å²) in [6.45, 7) is 1.40. The summed E-state index contributed by atoms with van der Waals surface area (Å²) in [6.07, 6.45) is 3.48. The minimum atomic E-state index is -1.02. The third kappa shape index (κ3) is 3.46. The minimum Gasteiger partial charge on any atom is -0.478 e. The van der Waals surface area contributed by atoms with Crippen LogP contribution in [0.1, 0.15) is 27.6 Å². The quantitative estimate of drug-likeness (QED) is 0.913. The smallest absolute Gasteiger partial charge is 0.335 e. The second-order valence-electron chi connectivity index (χ2n) is 5.79. The van der Waals surface area contributed by atoms with Crippen molar-refractivity contribution in [3.05, 3.63) is 53.3 Å². The van der Waals surface area contributed by atoms with Gasteiger partial charge >= 0.3 is 5.97 Å². The number of aryl methyl sites for hydroxylation is 1. The maximum atomic E-state index is 12.6. The molecule has 1 aliphatic heterocycles. The van der Waals surface area contributed by atoms with E-state index in [1.165, 1.54) is 6.07 Å². The van der Waals surface area contributed by atoms with Crippen LogP contribution in [0.4, 0.5) is 0 Å². The number of amides is 1. The highest BCUT2D eigenvalue weighted by Gasteiger charge is 2.26. The van der Waals surface area contributed by atoms with Gasteiger partial charge in [0.2, 0.25) is 5.91 Å². The number of aromatic carboxylic acids is 1. The van der Waals surface area contributed by atoms with Gasteiger partial charge in [0.1, 0.15) is 6.10 Å². The largest absolute Gasteiger partial charge is 0.478 e. The number of carboxylic acids is 1. The van der Waals surface area contributed by atoms with Crippen molar-refractivity contribution in [1.82, 2.24) is 14.7 Å². The SMILES string of the molecule is Cn1cc(C2CN(C(=O)Cc3ccccc3C(=O)O)CCO2)cn1. The molecule has 0 saturated carbocycles. The Labute approximate surface area is 139 Å². The van der Waals surface area contributed by atoms with Crippen molar-refractivity contribution in [2.24, 2.45) is 7.05 Å². The number of nitrogens with zero attached hydrogens (tertiary/aromatic N) is 3. The Hall–Kier alpha value is -2.67. The number of rotatable bonds is 4. The van der Waals surface area contributed by atoms with Crippen LogP contribution >= 0.6 is 0 Å². The fourth-order valence-corrected chi connectivity index (χ4v) is 2.84. The highest BCUT2D eigenvalue weighted by atomic mass is 16.5. The number of hydrogen-bond donors (Lipinski definition) is 1. The van der Waals surface area contributed by atoms with Crippen LogP contribution < -0.4 is 0 Å². The normalized spacial score (nSPS) is 17.7. The summed E-state index contributed by atoms with van der Waals surface area (Å²) in [4.78, 5) is 25.6. The van der Waals surface area contributed by atoms with Crippen LogP contribution in [0.5, 0.6) is 0 Å². The van der Waals surface area contributed by atoms with E-state index in [1.807, 2.05) is 13.2 Å². The second kappa shape index (κ2) is 6.84. The van der Waals surface area contributed by atoms with E-state index < -0.39 is 5.97 Å². The topological polar surface area (TPSA) is 84.7 Å². The lowest BCUT2D eigenvalue weighted by Gasteiger charge is -2.32. The number of aromatic nitrogens is 2. The molecule has 7 heteroatoms. The molecule has 0 bridgehead atoms. The van der Waals surface area contributed by atoms with Gasteiger partial charge < -0.3 is 14.7 Å². The summed E-state index contributed by atoms with van der Waals surface area (Å²) in [7, 11) is 1.83. The number of hydrogen-bond acceptors (Lipinski definition) is 4. The van der Waals surface area contributed by atoms with Crippen molar-refractivity contribution in [3.8, 4) is 0 Å². The third-order valence-electron chi connectivity index (χ3n) is 4.11. The fourth-order valence-electron chi connectivity index (χ4n) is 2.84. The summed E-state index contributed by atoms with van der Waals surface area (Å²) in [5.74, 6) is -1.12. The third-order valence-corrected chi connectivity index (χ3v) is 4.11. The molecule has 24 heavy (non-hydrogen) atoms. The van der Waals surface area contributed by atoms with E-state index in [4.69, 9.17) is 4.74 Å². The highest BCUT2D eigenvalue weighted by molar-refractivity contribution is 5.91. The van der Waals surface area contributed by atoms with Gasteiger partial charge in [-0.05, 0) is 11.6 Å². The summed E-state index contributed by atoms with van der Waals surface area (Å²) < 4.78 is 7.43. The molecule has 7 nitrogen and oxygen atoms in total. The monoisotopic (exact) mass is 329 g/mol. The van der Waals surface area contributed by atoms with E-state index in [0.717, 1.165) is 5.56 Å². The van der Waals surface area contributed by atoms with Crippen LogP contribution in [0.2, 0.25) is 0 Å². The van der Waals surface area contributed by atoms with Crippen molar-refractivity contribution < 1.29 is 19.4 Å². The van der Waals surface area contributed by atoms with E-state index in [-0.39, 0.29) is 24.0 Å². The fraction of sp³-hybridized carbons (Fsp3) is 0.353. The Morgan fingerprint density at radius 3 is 2.88 bits per heavy atom. The number of ether oxygens (including phenoxy) is 1. The number of benzene rings is 1. The van der Waals surface area contributed by atoms with Crippen molar-refractivity contribution >= 4 is 11.9 Å². The van der Waals surface area contributed by atoms with Gasteiger partial charge in [-0.15, -0.1) is 0 Å². The first-order valence-corrected chi connectivity index (χ1v) is 7.73. The average Bonchev–Trinajstić information content (AvgIpc) is 3.02. The molecule has 1 aliphatic rings. The van der Waals surface area contributed by atoms with Crippen LogP contribution in [-0.2, 0) is 23.0 Å². The number of morpholine rings is 1. The van der Waals surface area contributed by atoms with Crippen molar-refractivity contribution in [1.29, 1.82) is 0 Å². The van der Waals surface area contributed by atoms with Gasteiger partial charge in [0.25, 0.3) is 0 Å². The second-order valence-corrected chi connectivity index (χ2v) is 5.79. The molecule has 126 valence electrons. The number of carbonyl (C=O) groups excluding carboxylic acids is 1. The molecule has 0 spiro atoms. The van der Waals surface area contributed by atoms with Crippen molar-refractivity contribution in [2.75, 3.05) is 19.7 Å². The van der Waals surface area contributed by atoms with Gasteiger partial charge in [-0.1, -0.05) is 18.2 Å². The Morgan fingerprint density at radius 1 is 1.38 bits per heavy atom. The van der Waals surface area contributed by atoms with Crippen LogP contribution in [0, 0.1) is 0 Å². The van der Waals surface area contributed by atoms with Gasteiger partial charge in [0, 0.05) is 25.4 Å². The van der Waals surface area contributed by atoms with Gasteiger partial charge in [0.05, 0.1) is 31.3 Å². The van der Waals surface area contributed by atoms with E-state index in [1.54, 1.807) is 34.0 Å². The molecule has 1 aromatic carbocycles. The minimum absolute atomic E-state index is 0.0717. The van der Waals surface area contributed by atoms with Gasteiger partial charge in [0.15, 0.2) is 0 Å². The van der Waals surface area contributed by atoms with E-state index >= 15 is 0 Å². The molecule has 1 N–H and O–H groups in total. The zero-order valence-corrected chi connectivity index (χ0v) is 13.4. The molecule has 0 aliphatic carbocycles. The maximum Gasteiger partial charge on any atom is 0.335 e. The zero-order valence-electron chi connectivity index (χ0n) is 13.4. The lowest BCUT2D eigenvalue weighted by Crippen LogP contribution is -2.43. The molecule has 0 radical (unpaired) electrons. The average molecular weight is 329 g/mol. The first-order valence-electron chi connectivity index (χ1n) is 7.73. The molecule has 1 fully saturated rings. The Morgan fingerprint density at radius 2 is 2.17 bits per heavy atom. The molecule has 2 aromatic rings. The van der Waals surface area contributed by atoms with Crippen molar-refractivity contribution in [2.45, 2.75) is 12.5 Å². The Kier molecular flexibility index (Phi) is 4.61. The van der Waals surface area contributed by atoms with Crippen LogP contribution in [0.25, 0.3) is 0 Å². The predicted molar refractivity (Wildman–Crippen MR) is 85.6 cm³/mol. The molecule has 1 unspecified atom stereocenters. The lowest BCUT2D eigenvalue weighted by molar-refractivity contribution is -0.138. The first-order chi connectivity index (χ1) is 11.5. The molecule has 3 rings (SSSR count). The molecule has 1 atom stereocenters. The molecule has 1 amide bonds. The molecular weight excluding hydrogens is 310 g/mol. The Bertz CT molecular complexity index is 756. The first kappa shape index (κ1) is 16.2. The highest BCUT2D eigenvalue weighted by Crippen LogP contribution is 2.22. The van der Waals surface area contributed by atoms with Gasteiger partial charge in [-0.3, -0.25) is 9.48 Å². The van der Waals surface area contributed by atoms with Crippen molar-refractivity contribution in [3.63, 3.8) is 0 Å². The Balaban J connectivity index is 1.70. The van der Waals surface area contributed by atoms with E-state index in [2.05, 4.69) is 5.10 Å². The zero-order chi connectivity index (χ0) is 17.1.